The molecule has 0 bridgehead atoms. The average Bonchev–Trinajstić information content (AvgIpc) is 2.33. The average molecular weight is 258 g/mol. The highest BCUT2D eigenvalue weighted by molar-refractivity contribution is 6.30. The van der Waals surface area contributed by atoms with Gasteiger partial charge in [0.15, 0.2) is 11.0 Å². The highest BCUT2D eigenvalue weighted by atomic mass is 35.5. The van der Waals surface area contributed by atoms with Gasteiger partial charge in [-0.25, -0.2) is 0 Å². The molecule has 1 heterocycles. The number of anilines is 1. The fraction of sp³-hybridized carbons (Fsp3) is 0.667. The molecule has 0 aliphatic rings. The highest BCUT2D eigenvalue weighted by Crippen LogP contribution is 2.20. The van der Waals surface area contributed by atoms with Gasteiger partial charge in [-0.05, 0) is 37.8 Å². The Bertz CT molecular complexity index is 358. The first kappa shape index (κ1) is 14.2. The van der Waals surface area contributed by atoms with Crippen LogP contribution in [-0.4, -0.2) is 30.0 Å². The van der Waals surface area contributed by atoms with Crippen LogP contribution < -0.4 is 5.32 Å². The Balaban J connectivity index is 2.35. The summed E-state index contributed by atoms with van der Waals surface area (Å²) in [6.45, 7) is 8.49. The summed E-state index contributed by atoms with van der Waals surface area (Å²) in [6.07, 6.45) is 2.02. The van der Waals surface area contributed by atoms with Crippen LogP contribution in [0.2, 0.25) is 5.15 Å². The van der Waals surface area contributed by atoms with Crippen LogP contribution >= 0.6 is 11.6 Å². The molecule has 0 saturated heterocycles. The lowest BCUT2D eigenvalue weighted by molar-refractivity contribution is 0.134. The minimum absolute atomic E-state index is 0.472. The molecule has 0 unspecified atom stereocenters. The summed E-state index contributed by atoms with van der Waals surface area (Å²) in [4.78, 5) is 0. The van der Waals surface area contributed by atoms with E-state index in [1.54, 1.807) is 0 Å². The van der Waals surface area contributed by atoms with E-state index in [4.69, 9.17) is 16.3 Å². The van der Waals surface area contributed by atoms with Gasteiger partial charge in [-0.2, -0.15) is 0 Å². The van der Waals surface area contributed by atoms with Gasteiger partial charge in [0.2, 0.25) is 0 Å². The summed E-state index contributed by atoms with van der Waals surface area (Å²) in [5, 5.41) is 11.6. The van der Waals surface area contributed by atoms with Crippen molar-refractivity contribution in [2.24, 2.45) is 0 Å². The second-order valence-corrected chi connectivity index (χ2v) is 4.34. The Morgan fingerprint density at radius 3 is 2.65 bits per heavy atom. The fourth-order valence-corrected chi connectivity index (χ4v) is 1.55. The van der Waals surface area contributed by atoms with Gasteiger partial charge in [0, 0.05) is 19.8 Å². The van der Waals surface area contributed by atoms with Crippen LogP contribution in [-0.2, 0) is 4.74 Å². The summed E-state index contributed by atoms with van der Waals surface area (Å²) in [6, 6.07) is 0. The van der Waals surface area contributed by atoms with Crippen molar-refractivity contribution in [3.05, 3.63) is 16.3 Å². The third-order valence-electron chi connectivity index (χ3n) is 2.57. The maximum absolute atomic E-state index is 5.88. The number of nitrogens with zero attached hydrogens (tertiary/aromatic N) is 2. The molecule has 0 radical (unpaired) electrons. The zero-order chi connectivity index (χ0) is 12.7. The quantitative estimate of drug-likeness (QED) is 0.763. The van der Waals surface area contributed by atoms with Crippen molar-refractivity contribution >= 4 is 17.4 Å². The van der Waals surface area contributed by atoms with Crippen LogP contribution in [0.4, 0.5) is 5.82 Å². The van der Waals surface area contributed by atoms with Gasteiger partial charge in [-0.3, -0.25) is 0 Å². The predicted molar refractivity (Wildman–Crippen MR) is 70.7 cm³/mol. The van der Waals surface area contributed by atoms with Crippen LogP contribution in [0.5, 0.6) is 0 Å². The van der Waals surface area contributed by atoms with Gasteiger partial charge in [0.05, 0.1) is 0 Å². The number of halogens is 1. The molecule has 1 aromatic rings. The number of rotatable bonds is 7. The zero-order valence-corrected chi connectivity index (χ0v) is 11.5. The first-order valence-corrected chi connectivity index (χ1v) is 6.35. The number of hydrogen-bond acceptors (Lipinski definition) is 4. The molecule has 0 aliphatic heterocycles. The van der Waals surface area contributed by atoms with Crippen LogP contribution in [0.25, 0.3) is 0 Å². The van der Waals surface area contributed by atoms with Crippen molar-refractivity contribution in [2.45, 2.75) is 33.6 Å². The molecule has 17 heavy (non-hydrogen) atoms. The standard InChI is InChI=1S/C12H20ClN3O/c1-4-7-17-8-5-6-14-12-10(3)9(2)11(13)15-16-12/h4-8H2,1-3H3,(H,14,16). The lowest BCUT2D eigenvalue weighted by atomic mass is 10.2. The van der Waals surface area contributed by atoms with E-state index in [1.165, 1.54) is 0 Å². The molecule has 0 atom stereocenters. The first-order chi connectivity index (χ1) is 8.16. The second kappa shape index (κ2) is 7.45. The summed E-state index contributed by atoms with van der Waals surface area (Å²) < 4.78 is 5.40. The molecule has 1 aromatic heterocycles. The van der Waals surface area contributed by atoms with Gasteiger partial charge < -0.3 is 10.1 Å². The SMILES string of the molecule is CCCOCCCNc1nnc(Cl)c(C)c1C. The molecule has 0 spiro atoms. The van der Waals surface area contributed by atoms with Crippen molar-refractivity contribution in [3.63, 3.8) is 0 Å². The molecular formula is C12H20ClN3O. The molecule has 1 rings (SSSR count). The first-order valence-electron chi connectivity index (χ1n) is 5.97. The zero-order valence-electron chi connectivity index (χ0n) is 10.7. The molecule has 0 amide bonds. The normalized spacial score (nSPS) is 10.6. The van der Waals surface area contributed by atoms with Crippen LogP contribution in [0.15, 0.2) is 0 Å². The summed E-state index contributed by atoms with van der Waals surface area (Å²) in [5.41, 5.74) is 2.03. The fourth-order valence-electron chi connectivity index (χ4n) is 1.37. The van der Waals surface area contributed by atoms with E-state index in [1.807, 2.05) is 13.8 Å². The molecule has 0 fully saturated rings. The van der Waals surface area contributed by atoms with Gasteiger partial charge >= 0.3 is 0 Å². The van der Waals surface area contributed by atoms with Crippen LogP contribution in [0.1, 0.15) is 30.9 Å². The van der Waals surface area contributed by atoms with Crippen LogP contribution in [0.3, 0.4) is 0 Å². The van der Waals surface area contributed by atoms with E-state index < -0.39 is 0 Å². The molecule has 0 aromatic carbocycles. The van der Waals surface area contributed by atoms with E-state index in [0.717, 1.165) is 49.5 Å². The number of nitrogens with one attached hydrogen (secondary N) is 1. The largest absolute Gasteiger partial charge is 0.381 e. The highest BCUT2D eigenvalue weighted by Gasteiger charge is 2.06. The van der Waals surface area contributed by atoms with Crippen molar-refractivity contribution in [3.8, 4) is 0 Å². The Morgan fingerprint density at radius 1 is 1.18 bits per heavy atom. The molecule has 4 nitrogen and oxygen atoms in total. The van der Waals surface area contributed by atoms with Crippen molar-refractivity contribution in [1.29, 1.82) is 0 Å². The number of hydrogen-bond donors (Lipinski definition) is 1. The van der Waals surface area contributed by atoms with E-state index in [-0.39, 0.29) is 0 Å². The van der Waals surface area contributed by atoms with Gasteiger partial charge in [0.25, 0.3) is 0 Å². The number of ether oxygens (including phenoxy) is 1. The van der Waals surface area contributed by atoms with E-state index in [0.29, 0.717) is 5.15 Å². The monoisotopic (exact) mass is 257 g/mol. The van der Waals surface area contributed by atoms with Crippen molar-refractivity contribution < 1.29 is 4.74 Å². The predicted octanol–water partition coefficient (Wildman–Crippen LogP) is 2.98. The van der Waals surface area contributed by atoms with Gasteiger partial charge in [-0.15, -0.1) is 10.2 Å². The molecule has 0 aliphatic carbocycles. The molecule has 1 N–H and O–H groups in total. The second-order valence-electron chi connectivity index (χ2n) is 3.98. The summed E-state index contributed by atoms with van der Waals surface area (Å²) in [5.74, 6) is 0.808. The maximum atomic E-state index is 5.88. The van der Waals surface area contributed by atoms with E-state index in [2.05, 4.69) is 22.4 Å². The van der Waals surface area contributed by atoms with E-state index >= 15 is 0 Å². The molecular weight excluding hydrogens is 238 g/mol. The third kappa shape index (κ3) is 4.48. The summed E-state index contributed by atoms with van der Waals surface area (Å²) >= 11 is 5.88. The van der Waals surface area contributed by atoms with Crippen molar-refractivity contribution in [1.82, 2.24) is 10.2 Å². The van der Waals surface area contributed by atoms with Gasteiger partial charge in [0.1, 0.15) is 0 Å². The molecule has 96 valence electrons. The molecule has 5 heteroatoms. The number of aromatic nitrogens is 2. The Labute approximate surface area is 108 Å². The van der Waals surface area contributed by atoms with E-state index in [9.17, 15) is 0 Å². The Hall–Kier alpha value is -0.870. The Morgan fingerprint density at radius 2 is 1.94 bits per heavy atom. The Kier molecular flexibility index (Phi) is 6.22. The topological polar surface area (TPSA) is 47.0 Å². The van der Waals surface area contributed by atoms with Gasteiger partial charge in [-0.1, -0.05) is 18.5 Å². The maximum Gasteiger partial charge on any atom is 0.155 e. The third-order valence-corrected chi connectivity index (χ3v) is 2.93. The minimum atomic E-state index is 0.472. The lowest BCUT2D eigenvalue weighted by Gasteiger charge is -2.10. The summed E-state index contributed by atoms with van der Waals surface area (Å²) in [7, 11) is 0. The van der Waals surface area contributed by atoms with Crippen LogP contribution in [0, 0.1) is 13.8 Å². The molecule has 0 saturated carbocycles. The smallest absolute Gasteiger partial charge is 0.155 e. The minimum Gasteiger partial charge on any atom is -0.381 e. The van der Waals surface area contributed by atoms with Crippen molar-refractivity contribution in [2.75, 3.05) is 25.1 Å². The lowest BCUT2D eigenvalue weighted by Crippen LogP contribution is -2.10.